The summed E-state index contributed by atoms with van der Waals surface area (Å²) in [6.07, 6.45) is 0.722. The molecular formula is C21H22ClN3O3. The van der Waals surface area contributed by atoms with Crippen LogP contribution in [0.1, 0.15) is 30.6 Å². The fourth-order valence-corrected chi connectivity index (χ4v) is 2.62. The standard InChI is InChI=1S/C21H22ClN3O3/c1-3-14(2)19(25-20(26)15-4-6-16(22)7-5-15)21(27)24-17-8-10-18(11-9-17)28-13-12-23/h4-11,14,19H,3,13H2,1-2H3,(H,24,27)(H,25,26). The fourth-order valence-electron chi connectivity index (χ4n) is 2.50. The van der Waals surface area contributed by atoms with Crippen molar-refractivity contribution < 1.29 is 14.3 Å². The van der Waals surface area contributed by atoms with Gasteiger partial charge in [-0.3, -0.25) is 9.59 Å². The van der Waals surface area contributed by atoms with Crippen molar-refractivity contribution in [3.05, 3.63) is 59.1 Å². The van der Waals surface area contributed by atoms with Gasteiger partial charge in [-0.05, 0) is 54.4 Å². The van der Waals surface area contributed by atoms with Gasteiger partial charge in [0.2, 0.25) is 5.91 Å². The van der Waals surface area contributed by atoms with Gasteiger partial charge in [0.1, 0.15) is 17.9 Å². The second-order valence-corrected chi connectivity index (χ2v) is 6.74. The highest BCUT2D eigenvalue weighted by molar-refractivity contribution is 6.30. The molecule has 0 aromatic heterocycles. The summed E-state index contributed by atoms with van der Waals surface area (Å²) in [5, 5.41) is 14.7. The quantitative estimate of drug-likeness (QED) is 0.701. The van der Waals surface area contributed by atoms with Gasteiger partial charge in [0.05, 0.1) is 0 Å². The molecule has 0 aliphatic heterocycles. The number of nitrogens with zero attached hydrogens (tertiary/aromatic N) is 1. The second-order valence-electron chi connectivity index (χ2n) is 6.30. The van der Waals surface area contributed by atoms with Gasteiger partial charge in [0, 0.05) is 16.3 Å². The van der Waals surface area contributed by atoms with Gasteiger partial charge in [-0.2, -0.15) is 5.26 Å². The summed E-state index contributed by atoms with van der Waals surface area (Å²) in [6.45, 7) is 3.82. The molecule has 0 heterocycles. The molecule has 0 saturated carbocycles. The van der Waals surface area contributed by atoms with Crippen LogP contribution < -0.4 is 15.4 Å². The molecule has 2 rings (SSSR count). The molecule has 146 valence electrons. The van der Waals surface area contributed by atoms with Crippen LogP contribution in [0, 0.1) is 17.2 Å². The van der Waals surface area contributed by atoms with Gasteiger partial charge in [0.25, 0.3) is 5.91 Å². The van der Waals surface area contributed by atoms with E-state index in [2.05, 4.69) is 10.6 Å². The van der Waals surface area contributed by atoms with E-state index in [4.69, 9.17) is 21.6 Å². The van der Waals surface area contributed by atoms with Crippen molar-refractivity contribution in [1.82, 2.24) is 5.32 Å². The Morgan fingerprint density at radius 2 is 1.79 bits per heavy atom. The summed E-state index contributed by atoms with van der Waals surface area (Å²) in [7, 11) is 0. The molecule has 2 unspecified atom stereocenters. The van der Waals surface area contributed by atoms with Crippen LogP contribution >= 0.6 is 11.6 Å². The molecule has 0 bridgehead atoms. The number of nitriles is 1. The van der Waals surface area contributed by atoms with Crippen LogP contribution in [-0.4, -0.2) is 24.5 Å². The topological polar surface area (TPSA) is 91.2 Å². The third kappa shape index (κ3) is 6.00. The number of hydrogen-bond acceptors (Lipinski definition) is 4. The highest BCUT2D eigenvalue weighted by Gasteiger charge is 2.26. The molecule has 0 aliphatic rings. The first-order chi connectivity index (χ1) is 13.4. The Balaban J connectivity index is 2.07. The van der Waals surface area contributed by atoms with Crippen molar-refractivity contribution in [2.45, 2.75) is 26.3 Å². The zero-order valence-corrected chi connectivity index (χ0v) is 16.5. The van der Waals surface area contributed by atoms with E-state index in [1.807, 2.05) is 19.9 Å². The number of carbonyl (C=O) groups excluding carboxylic acids is 2. The Labute approximate surface area is 169 Å². The summed E-state index contributed by atoms with van der Waals surface area (Å²) in [4.78, 5) is 25.3. The Hall–Kier alpha value is -3.04. The van der Waals surface area contributed by atoms with E-state index in [-0.39, 0.29) is 24.3 Å². The number of halogens is 1. The molecule has 0 aliphatic carbocycles. The van der Waals surface area contributed by atoms with Crippen molar-refractivity contribution in [1.29, 1.82) is 5.26 Å². The number of carbonyl (C=O) groups is 2. The number of hydrogen-bond donors (Lipinski definition) is 2. The number of nitrogens with one attached hydrogen (secondary N) is 2. The summed E-state index contributed by atoms with van der Waals surface area (Å²) in [5.74, 6) is -0.164. The molecule has 0 radical (unpaired) electrons. The van der Waals surface area contributed by atoms with Gasteiger partial charge < -0.3 is 15.4 Å². The third-order valence-corrected chi connectivity index (χ3v) is 4.57. The smallest absolute Gasteiger partial charge is 0.251 e. The summed E-state index contributed by atoms with van der Waals surface area (Å²) in [5.41, 5.74) is 1.01. The van der Waals surface area contributed by atoms with Crippen LogP contribution in [0.3, 0.4) is 0 Å². The van der Waals surface area contributed by atoms with E-state index in [9.17, 15) is 9.59 Å². The normalized spacial score (nSPS) is 12.4. The zero-order valence-electron chi connectivity index (χ0n) is 15.7. The first kappa shape index (κ1) is 21.3. The van der Waals surface area contributed by atoms with E-state index < -0.39 is 6.04 Å². The van der Waals surface area contributed by atoms with Crippen LogP contribution in [0.4, 0.5) is 5.69 Å². The Bertz CT molecular complexity index is 845. The predicted octanol–water partition coefficient (Wildman–Crippen LogP) is 4.03. The molecule has 2 N–H and O–H groups in total. The summed E-state index contributed by atoms with van der Waals surface area (Å²) in [6, 6.07) is 14.4. The molecule has 2 amide bonds. The lowest BCUT2D eigenvalue weighted by molar-refractivity contribution is -0.119. The van der Waals surface area contributed by atoms with Crippen molar-refractivity contribution in [2.75, 3.05) is 11.9 Å². The van der Waals surface area contributed by atoms with E-state index in [1.165, 1.54) is 0 Å². The van der Waals surface area contributed by atoms with Crippen LogP contribution in [0.5, 0.6) is 5.75 Å². The van der Waals surface area contributed by atoms with Crippen molar-refractivity contribution >= 4 is 29.1 Å². The molecular weight excluding hydrogens is 378 g/mol. The minimum atomic E-state index is -0.692. The molecule has 2 atom stereocenters. The summed E-state index contributed by atoms with van der Waals surface area (Å²) >= 11 is 5.85. The molecule has 0 saturated heterocycles. The maximum absolute atomic E-state index is 12.8. The first-order valence-electron chi connectivity index (χ1n) is 8.91. The summed E-state index contributed by atoms with van der Waals surface area (Å²) < 4.78 is 5.19. The average molecular weight is 400 g/mol. The largest absolute Gasteiger partial charge is 0.479 e. The van der Waals surface area contributed by atoms with Crippen LogP contribution in [0.25, 0.3) is 0 Å². The molecule has 28 heavy (non-hydrogen) atoms. The van der Waals surface area contributed by atoms with Gasteiger partial charge >= 0.3 is 0 Å². The van der Waals surface area contributed by atoms with Gasteiger partial charge in [-0.15, -0.1) is 0 Å². The van der Waals surface area contributed by atoms with Crippen molar-refractivity contribution in [3.63, 3.8) is 0 Å². The van der Waals surface area contributed by atoms with E-state index in [1.54, 1.807) is 48.5 Å². The second kappa shape index (κ2) is 10.3. The number of rotatable bonds is 8. The highest BCUT2D eigenvalue weighted by atomic mass is 35.5. The van der Waals surface area contributed by atoms with Gasteiger partial charge in [-0.1, -0.05) is 31.9 Å². The molecule has 0 spiro atoms. The molecule has 0 fully saturated rings. The SMILES string of the molecule is CCC(C)C(NC(=O)c1ccc(Cl)cc1)C(=O)Nc1ccc(OCC#N)cc1. The molecule has 2 aromatic carbocycles. The van der Waals surface area contributed by atoms with E-state index in [0.717, 1.165) is 6.42 Å². The lowest BCUT2D eigenvalue weighted by Crippen LogP contribution is -2.47. The predicted molar refractivity (Wildman–Crippen MR) is 108 cm³/mol. The molecule has 7 heteroatoms. The Kier molecular flexibility index (Phi) is 7.85. The Morgan fingerprint density at radius 3 is 2.36 bits per heavy atom. The van der Waals surface area contributed by atoms with Gasteiger partial charge in [-0.25, -0.2) is 0 Å². The van der Waals surface area contributed by atoms with Crippen LogP contribution in [-0.2, 0) is 4.79 Å². The Morgan fingerprint density at radius 1 is 1.14 bits per heavy atom. The van der Waals surface area contributed by atoms with Crippen molar-refractivity contribution in [3.8, 4) is 11.8 Å². The minimum absolute atomic E-state index is 0.0431. The number of amides is 2. The molecule has 6 nitrogen and oxygen atoms in total. The number of benzene rings is 2. The molecule has 2 aromatic rings. The number of anilines is 1. The third-order valence-electron chi connectivity index (χ3n) is 4.31. The van der Waals surface area contributed by atoms with E-state index >= 15 is 0 Å². The lowest BCUT2D eigenvalue weighted by atomic mass is 9.97. The van der Waals surface area contributed by atoms with Crippen molar-refractivity contribution in [2.24, 2.45) is 5.92 Å². The maximum Gasteiger partial charge on any atom is 0.251 e. The monoisotopic (exact) mass is 399 g/mol. The fraction of sp³-hybridized carbons (Fsp3) is 0.286. The first-order valence-corrected chi connectivity index (χ1v) is 9.29. The van der Waals surface area contributed by atoms with Crippen LogP contribution in [0.2, 0.25) is 5.02 Å². The van der Waals surface area contributed by atoms with Crippen LogP contribution in [0.15, 0.2) is 48.5 Å². The lowest BCUT2D eigenvalue weighted by Gasteiger charge is -2.23. The van der Waals surface area contributed by atoms with Gasteiger partial charge in [0.15, 0.2) is 6.61 Å². The maximum atomic E-state index is 12.8. The van der Waals surface area contributed by atoms with E-state index in [0.29, 0.717) is 22.0 Å². The zero-order chi connectivity index (χ0) is 20.5. The number of ether oxygens (including phenoxy) is 1. The highest BCUT2D eigenvalue weighted by Crippen LogP contribution is 2.18. The average Bonchev–Trinajstić information content (AvgIpc) is 2.71. The minimum Gasteiger partial charge on any atom is -0.479 e.